The maximum Gasteiger partial charge on any atom is 0.254 e. The van der Waals surface area contributed by atoms with Crippen LogP contribution < -0.4 is 0 Å². The molecule has 2 atom stereocenters. The molecule has 2 aromatic carbocycles. The number of aliphatic hydroxyl groups excluding tert-OH is 1. The molecule has 2 aromatic rings. The predicted octanol–water partition coefficient (Wildman–Crippen LogP) is 2.34. The van der Waals surface area contributed by atoms with Crippen LogP contribution in [-0.2, 0) is 13.1 Å². The summed E-state index contributed by atoms with van der Waals surface area (Å²) < 4.78 is 0. The van der Waals surface area contributed by atoms with Crippen molar-refractivity contribution in [1.82, 2.24) is 19.6 Å². The molecule has 0 spiro atoms. The summed E-state index contributed by atoms with van der Waals surface area (Å²) in [6, 6.07) is 15.8. The van der Waals surface area contributed by atoms with E-state index in [0.717, 1.165) is 63.5 Å². The number of carbonyl (C=O) groups excluding carboxylic acids is 2. The third-order valence-corrected chi connectivity index (χ3v) is 7.23. The Morgan fingerprint density at radius 2 is 1.46 bits per heavy atom. The van der Waals surface area contributed by atoms with E-state index in [1.165, 1.54) is 5.56 Å². The molecule has 2 aliphatic heterocycles. The van der Waals surface area contributed by atoms with Gasteiger partial charge in [0.1, 0.15) is 6.61 Å². The lowest BCUT2D eigenvalue weighted by molar-refractivity contribution is 0.0268. The van der Waals surface area contributed by atoms with Crippen LogP contribution >= 0.6 is 0 Å². The summed E-state index contributed by atoms with van der Waals surface area (Å²) in [6.07, 6.45) is 0. The monoisotopic (exact) mass is 478 g/mol. The zero-order chi connectivity index (χ0) is 24.9. The highest BCUT2D eigenvalue weighted by Crippen LogP contribution is 2.22. The second-order valence-electron chi connectivity index (χ2n) is 10.2. The second kappa shape index (κ2) is 11.4. The zero-order valence-electron chi connectivity index (χ0n) is 21.2. The van der Waals surface area contributed by atoms with E-state index in [1.807, 2.05) is 29.2 Å². The third-order valence-electron chi connectivity index (χ3n) is 7.23. The quantitative estimate of drug-likeness (QED) is 0.617. The van der Waals surface area contributed by atoms with Gasteiger partial charge < -0.3 is 14.9 Å². The van der Waals surface area contributed by atoms with E-state index in [4.69, 9.17) is 5.11 Å². The van der Waals surface area contributed by atoms with Gasteiger partial charge in [0.2, 0.25) is 0 Å². The molecule has 0 saturated carbocycles. The fraction of sp³-hybridized carbons (Fsp3) is 0.500. The van der Waals surface area contributed by atoms with Gasteiger partial charge in [-0.2, -0.15) is 0 Å². The van der Waals surface area contributed by atoms with Crippen LogP contribution in [0.1, 0.15) is 45.7 Å². The van der Waals surface area contributed by atoms with Gasteiger partial charge in [0.25, 0.3) is 5.91 Å². The number of carbonyl (C=O) groups is 2. The Morgan fingerprint density at radius 1 is 0.829 bits per heavy atom. The van der Waals surface area contributed by atoms with Crippen LogP contribution in [0, 0.1) is 0 Å². The molecule has 4 rings (SSSR count). The van der Waals surface area contributed by atoms with Crippen molar-refractivity contribution in [3.05, 3.63) is 70.8 Å². The summed E-state index contributed by atoms with van der Waals surface area (Å²) in [5, 5.41) is 9.03. The molecule has 7 heteroatoms. The van der Waals surface area contributed by atoms with Crippen LogP contribution in [0.2, 0.25) is 0 Å². The van der Waals surface area contributed by atoms with E-state index in [-0.39, 0.29) is 23.8 Å². The molecule has 35 heavy (non-hydrogen) atoms. The van der Waals surface area contributed by atoms with Crippen molar-refractivity contribution in [2.24, 2.45) is 0 Å². The molecule has 0 aromatic heterocycles. The highest BCUT2D eigenvalue weighted by atomic mass is 16.3. The van der Waals surface area contributed by atoms with Crippen molar-refractivity contribution in [2.45, 2.75) is 39.0 Å². The van der Waals surface area contributed by atoms with Crippen LogP contribution in [0.15, 0.2) is 48.5 Å². The van der Waals surface area contributed by atoms with Crippen LogP contribution in [0.25, 0.3) is 0 Å². The number of likely N-dealkylation sites (N-methyl/N-ethyl adjacent to an activating group) is 1. The average Bonchev–Trinajstić information content (AvgIpc) is 2.85. The van der Waals surface area contributed by atoms with Gasteiger partial charge in [-0.15, -0.1) is 0 Å². The number of hydrogen-bond acceptors (Lipinski definition) is 6. The normalized spacial score (nSPS) is 22.3. The third kappa shape index (κ3) is 6.35. The lowest BCUT2D eigenvalue weighted by Gasteiger charge is -2.44. The maximum absolute atomic E-state index is 13.5. The summed E-state index contributed by atoms with van der Waals surface area (Å²) in [6.45, 7) is 11.3. The van der Waals surface area contributed by atoms with Crippen molar-refractivity contribution in [1.29, 1.82) is 0 Å². The Balaban J connectivity index is 1.37. The molecular weight excluding hydrogens is 440 g/mol. The highest BCUT2D eigenvalue weighted by molar-refractivity contribution is 5.97. The molecule has 2 aliphatic rings. The SMILES string of the molecule is C[C@@H]1CN(Cc2ccc(C(=O)CO)cc2)C[C@H](C)N1C(=O)c1cccc(CN2CCN(C)CC2)c1. The number of rotatable bonds is 7. The van der Waals surface area contributed by atoms with Gasteiger partial charge in [0.05, 0.1) is 0 Å². The molecular formula is C28H38N4O3. The molecule has 7 nitrogen and oxygen atoms in total. The smallest absolute Gasteiger partial charge is 0.254 e. The van der Waals surface area contributed by atoms with Gasteiger partial charge in [0.15, 0.2) is 5.78 Å². The first-order valence-corrected chi connectivity index (χ1v) is 12.6. The zero-order valence-corrected chi connectivity index (χ0v) is 21.2. The number of hydrogen-bond donors (Lipinski definition) is 1. The number of aliphatic hydroxyl groups is 1. The minimum atomic E-state index is -0.469. The van der Waals surface area contributed by atoms with Crippen molar-refractivity contribution in [3.8, 4) is 0 Å². The minimum absolute atomic E-state index is 0.0998. The Labute approximate surface area is 208 Å². The fourth-order valence-corrected chi connectivity index (χ4v) is 5.32. The van der Waals surface area contributed by atoms with Gasteiger partial charge in [-0.3, -0.25) is 19.4 Å². The van der Waals surface area contributed by atoms with Gasteiger partial charge in [-0.1, -0.05) is 36.4 Å². The van der Waals surface area contributed by atoms with Crippen molar-refractivity contribution in [3.63, 3.8) is 0 Å². The Kier molecular flexibility index (Phi) is 8.34. The van der Waals surface area contributed by atoms with E-state index in [9.17, 15) is 9.59 Å². The van der Waals surface area contributed by atoms with Crippen LogP contribution in [0.5, 0.6) is 0 Å². The van der Waals surface area contributed by atoms with Gasteiger partial charge >= 0.3 is 0 Å². The molecule has 0 radical (unpaired) electrons. The second-order valence-corrected chi connectivity index (χ2v) is 10.2. The van der Waals surface area contributed by atoms with Crippen LogP contribution in [0.4, 0.5) is 0 Å². The van der Waals surface area contributed by atoms with Gasteiger partial charge in [-0.05, 0) is 44.2 Å². The molecule has 0 unspecified atom stereocenters. The van der Waals surface area contributed by atoms with E-state index >= 15 is 0 Å². The topological polar surface area (TPSA) is 67.3 Å². The van der Waals surface area contributed by atoms with Crippen LogP contribution in [0.3, 0.4) is 0 Å². The average molecular weight is 479 g/mol. The van der Waals surface area contributed by atoms with E-state index in [0.29, 0.717) is 5.56 Å². The van der Waals surface area contributed by atoms with E-state index < -0.39 is 6.61 Å². The Hall–Kier alpha value is -2.58. The lowest BCUT2D eigenvalue weighted by atomic mass is 10.0. The Bertz CT molecular complexity index is 1010. The molecule has 0 aliphatic carbocycles. The summed E-state index contributed by atoms with van der Waals surface area (Å²) in [5.41, 5.74) is 3.62. The minimum Gasteiger partial charge on any atom is -0.388 e. The summed E-state index contributed by atoms with van der Waals surface area (Å²) in [5.74, 6) is -0.157. The van der Waals surface area contributed by atoms with Crippen molar-refractivity contribution < 1.29 is 14.7 Å². The number of Topliss-reactive ketones (excluding diaryl/α,β-unsaturated/α-hetero) is 1. The van der Waals surface area contributed by atoms with E-state index in [2.05, 4.69) is 47.7 Å². The van der Waals surface area contributed by atoms with Crippen molar-refractivity contribution >= 4 is 11.7 Å². The first-order valence-electron chi connectivity index (χ1n) is 12.6. The first kappa shape index (κ1) is 25.5. The standard InChI is InChI=1S/C28H38N4O3/c1-21-16-31(18-23-7-9-25(10-8-23)27(34)20-33)17-22(2)32(21)28(35)26-6-4-5-24(15-26)19-30-13-11-29(3)12-14-30/h4-10,15,21-22,33H,11-14,16-20H2,1-3H3/t21-,22+. The largest absolute Gasteiger partial charge is 0.388 e. The molecule has 188 valence electrons. The predicted molar refractivity (Wildman–Crippen MR) is 137 cm³/mol. The van der Waals surface area contributed by atoms with E-state index in [1.54, 1.807) is 12.1 Å². The highest BCUT2D eigenvalue weighted by Gasteiger charge is 2.33. The van der Waals surface area contributed by atoms with Crippen LogP contribution in [-0.4, -0.2) is 101 Å². The Morgan fingerprint density at radius 3 is 2.09 bits per heavy atom. The molecule has 2 fully saturated rings. The number of ketones is 1. The van der Waals surface area contributed by atoms with Gasteiger partial charge in [0, 0.05) is 75.6 Å². The first-order chi connectivity index (χ1) is 16.8. The lowest BCUT2D eigenvalue weighted by Crippen LogP contribution is -2.58. The molecule has 1 N–H and O–H groups in total. The summed E-state index contributed by atoms with van der Waals surface area (Å²) >= 11 is 0. The fourth-order valence-electron chi connectivity index (χ4n) is 5.32. The van der Waals surface area contributed by atoms with Gasteiger partial charge in [-0.25, -0.2) is 0 Å². The maximum atomic E-state index is 13.5. The molecule has 1 amide bonds. The molecule has 2 saturated heterocycles. The summed E-state index contributed by atoms with van der Waals surface area (Å²) in [4.78, 5) is 34.4. The summed E-state index contributed by atoms with van der Waals surface area (Å²) in [7, 11) is 2.16. The number of amides is 1. The number of nitrogens with zero attached hydrogens (tertiary/aromatic N) is 4. The molecule has 2 heterocycles. The number of benzene rings is 2. The number of piperazine rings is 2. The van der Waals surface area contributed by atoms with Crippen molar-refractivity contribution in [2.75, 3.05) is 52.9 Å². The molecule has 0 bridgehead atoms.